The van der Waals surface area contributed by atoms with Crippen molar-refractivity contribution >= 4 is 0 Å². The average molecular weight is 281 g/mol. The minimum atomic E-state index is -0.360. The summed E-state index contributed by atoms with van der Waals surface area (Å²) in [4.78, 5) is 0. The number of rotatable bonds is 4. The van der Waals surface area contributed by atoms with Gasteiger partial charge in [0.25, 0.3) is 0 Å². The Balaban J connectivity index is 2.28. The molecule has 0 spiro atoms. The fourth-order valence-corrected chi connectivity index (χ4v) is 3.78. The minimum absolute atomic E-state index is 0.0825. The van der Waals surface area contributed by atoms with Gasteiger partial charge in [0.1, 0.15) is 11.6 Å². The Hall–Kier alpha value is -0.960. The summed E-state index contributed by atoms with van der Waals surface area (Å²) in [5, 5.41) is 3.37. The summed E-state index contributed by atoms with van der Waals surface area (Å²) in [6.07, 6.45) is 3.40. The van der Waals surface area contributed by atoms with E-state index in [2.05, 4.69) is 19.2 Å². The van der Waals surface area contributed by atoms with E-state index in [1.165, 1.54) is 24.6 Å². The van der Waals surface area contributed by atoms with Crippen LogP contribution >= 0.6 is 0 Å². The second-order valence-electron chi connectivity index (χ2n) is 6.38. The van der Waals surface area contributed by atoms with Gasteiger partial charge < -0.3 is 5.32 Å². The molecule has 112 valence electrons. The maximum atomic E-state index is 14.1. The first kappa shape index (κ1) is 15.4. The van der Waals surface area contributed by atoms with E-state index in [0.717, 1.165) is 19.4 Å². The highest BCUT2D eigenvalue weighted by atomic mass is 19.1. The van der Waals surface area contributed by atoms with E-state index in [1.807, 2.05) is 6.92 Å². The lowest BCUT2D eigenvalue weighted by Gasteiger charge is -2.37. The Bertz CT molecular complexity index is 437. The van der Waals surface area contributed by atoms with Gasteiger partial charge in [0.05, 0.1) is 0 Å². The molecule has 0 saturated heterocycles. The lowest BCUT2D eigenvalue weighted by Crippen LogP contribution is -2.33. The third-order valence-corrected chi connectivity index (χ3v) is 4.40. The average Bonchev–Trinajstić information content (AvgIpc) is 2.38. The SMILES string of the molecule is CCNC(c1cc(F)ccc1F)C1CC(C)CC(C)C1. The number of hydrogen-bond donors (Lipinski definition) is 1. The summed E-state index contributed by atoms with van der Waals surface area (Å²) in [6, 6.07) is 3.70. The molecule has 1 N–H and O–H groups in total. The van der Waals surface area contributed by atoms with Crippen molar-refractivity contribution in [2.45, 2.75) is 46.1 Å². The Morgan fingerprint density at radius 1 is 1.15 bits per heavy atom. The van der Waals surface area contributed by atoms with Gasteiger partial charge in [0.15, 0.2) is 0 Å². The van der Waals surface area contributed by atoms with Crippen molar-refractivity contribution in [2.24, 2.45) is 17.8 Å². The summed E-state index contributed by atoms with van der Waals surface area (Å²) in [6.45, 7) is 7.29. The first-order valence-electron chi connectivity index (χ1n) is 7.69. The van der Waals surface area contributed by atoms with Crippen molar-refractivity contribution in [1.82, 2.24) is 5.32 Å². The van der Waals surface area contributed by atoms with Gasteiger partial charge in [-0.2, -0.15) is 0 Å². The smallest absolute Gasteiger partial charge is 0.128 e. The molecule has 0 aromatic heterocycles. The molecule has 0 aliphatic heterocycles. The number of benzene rings is 1. The predicted molar refractivity (Wildman–Crippen MR) is 78.4 cm³/mol. The van der Waals surface area contributed by atoms with Gasteiger partial charge in [-0.25, -0.2) is 8.78 Å². The molecule has 0 heterocycles. The summed E-state index contributed by atoms with van der Waals surface area (Å²) in [5.74, 6) is 1.03. The van der Waals surface area contributed by atoms with Gasteiger partial charge in [0, 0.05) is 11.6 Å². The lowest BCUT2D eigenvalue weighted by atomic mass is 9.72. The Morgan fingerprint density at radius 2 is 1.80 bits per heavy atom. The van der Waals surface area contributed by atoms with Crippen LogP contribution < -0.4 is 5.32 Å². The Morgan fingerprint density at radius 3 is 2.40 bits per heavy atom. The molecular formula is C17H25F2N. The number of halogens is 2. The summed E-state index contributed by atoms with van der Waals surface area (Å²) in [7, 11) is 0. The topological polar surface area (TPSA) is 12.0 Å². The molecule has 1 aromatic carbocycles. The van der Waals surface area contributed by atoms with E-state index in [9.17, 15) is 8.78 Å². The number of hydrogen-bond acceptors (Lipinski definition) is 1. The molecule has 2 rings (SSSR count). The van der Waals surface area contributed by atoms with Crippen molar-refractivity contribution in [3.8, 4) is 0 Å². The maximum absolute atomic E-state index is 14.1. The van der Waals surface area contributed by atoms with E-state index in [0.29, 0.717) is 23.3 Å². The van der Waals surface area contributed by atoms with E-state index >= 15 is 0 Å². The van der Waals surface area contributed by atoms with Gasteiger partial charge in [-0.15, -0.1) is 0 Å². The highest BCUT2D eigenvalue weighted by Gasteiger charge is 2.31. The first-order valence-corrected chi connectivity index (χ1v) is 7.69. The second-order valence-corrected chi connectivity index (χ2v) is 6.38. The standard InChI is InChI=1S/C17H25F2N/c1-4-20-17(13-8-11(2)7-12(3)9-13)15-10-14(18)5-6-16(15)19/h5-6,10-13,17,20H,4,7-9H2,1-3H3. The molecule has 20 heavy (non-hydrogen) atoms. The van der Waals surface area contributed by atoms with Crippen LogP contribution in [0, 0.1) is 29.4 Å². The van der Waals surface area contributed by atoms with Crippen LogP contribution in [0.2, 0.25) is 0 Å². The van der Waals surface area contributed by atoms with Crippen LogP contribution in [0.25, 0.3) is 0 Å². The van der Waals surface area contributed by atoms with Crippen molar-refractivity contribution in [3.63, 3.8) is 0 Å². The second kappa shape index (κ2) is 6.66. The molecule has 3 unspecified atom stereocenters. The minimum Gasteiger partial charge on any atom is -0.310 e. The maximum Gasteiger partial charge on any atom is 0.128 e. The van der Waals surface area contributed by atoms with Crippen LogP contribution in [-0.4, -0.2) is 6.54 Å². The molecule has 1 aromatic rings. The molecule has 1 saturated carbocycles. The molecule has 1 aliphatic carbocycles. The highest BCUT2D eigenvalue weighted by Crippen LogP contribution is 2.40. The molecular weight excluding hydrogens is 256 g/mol. The molecule has 0 amide bonds. The van der Waals surface area contributed by atoms with E-state index in [1.54, 1.807) is 0 Å². The van der Waals surface area contributed by atoms with Gasteiger partial charge in [-0.1, -0.05) is 20.8 Å². The van der Waals surface area contributed by atoms with Crippen molar-refractivity contribution in [3.05, 3.63) is 35.4 Å². The number of nitrogens with one attached hydrogen (secondary N) is 1. The van der Waals surface area contributed by atoms with Crippen LogP contribution in [-0.2, 0) is 0 Å². The molecule has 3 atom stereocenters. The molecule has 1 fully saturated rings. The summed E-state index contributed by atoms with van der Waals surface area (Å²) >= 11 is 0. The van der Waals surface area contributed by atoms with Gasteiger partial charge in [-0.3, -0.25) is 0 Å². The fraction of sp³-hybridized carbons (Fsp3) is 0.647. The van der Waals surface area contributed by atoms with Crippen LogP contribution in [0.3, 0.4) is 0 Å². The largest absolute Gasteiger partial charge is 0.310 e. The Labute approximate surface area is 120 Å². The van der Waals surface area contributed by atoms with Crippen LogP contribution in [0.5, 0.6) is 0 Å². The van der Waals surface area contributed by atoms with Gasteiger partial charge in [0.2, 0.25) is 0 Å². The van der Waals surface area contributed by atoms with Crippen LogP contribution in [0.4, 0.5) is 8.78 Å². The van der Waals surface area contributed by atoms with E-state index in [4.69, 9.17) is 0 Å². The third-order valence-electron chi connectivity index (χ3n) is 4.40. The fourth-order valence-electron chi connectivity index (χ4n) is 3.78. The third kappa shape index (κ3) is 3.57. The summed E-state index contributed by atoms with van der Waals surface area (Å²) < 4.78 is 27.6. The monoisotopic (exact) mass is 281 g/mol. The summed E-state index contributed by atoms with van der Waals surface area (Å²) in [5.41, 5.74) is 0.484. The van der Waals surface area contributed by atoms with Crippen molar-refractivity contribution in [1.29, 1.82) is 0 Å². The van der Waals surface area contributed by atoms with Crippen molar-refractivity contribution < 1.29 is 8.78 Å². The van der Waals surface area contributed by atoms with Crippen LogP contribution in [0.15, 0.2) is 18.2 Å². The van der Waals surface area contributed by atoms with Gasteiger partial charge >= 0.3 is 0 Å². The highest BCUT2D eigenvalue weighted by molar-refractivity contribution is 5.23. The zero-order valence-electron chi connectivity index (χ0n) is 12.6. The molecule has 0 bridgehead atoms. The molecule has 1 aliphatic rings. The Kier molecular flexibility index (Phi) is 5.14. The molecule has 3 heteroatoms. The zero-order chi connectivity index (χ0) is 14.7. The van der Waals surface area contributed by atoms with Crippen LogP contribution in [0.1, 0.15) is 51.6 Å². The normalized spacial score (nSPS) is 28.4. The van der Waals surface area contributed by atoms with Crippen molar-refractivity contribution in [2.75, 3.05) is 6.54 Å². The lowest BCUT2D eigenvalue weighted by molar-refractivity contribution is 0.175. The van der Waals surface area contributed by atoms with E-state index in [-0.39, 0.29) is 17.7 Å². The molecule has 1 nitrogen and oxygen atoms in total. The first-order chi connectivity index (χ1) is 9.51. The quantitative estimate of drug-likeness (QED) is 0.844. The molecule has 0 radical (unpaired) electrons. The zero-order valence-corrected chi connectivity index (χ0v) is 12.6. The van der Waals surface area contributed by atoms with Gasteiger partial charge in [-0.05, 0) is 61.8 Å². The predicted octanol–water partition coefficient (Wildman–Crippen LogP) is 4.69. The van der Waals surface area contributed by atoms with E-state index < -0.39 is 0 Å².